The number of hydrogen-bond acceptors (Lipinski definition) is 2. The molecule has 88 valence electrons. The Balaban J connectivity index is 3.17. The Labute approximate surface area is 97.6 Å². The predicted octanol–water partition coefficient (Wildman–Crippen LogP) is 3.68. The first kappa shape index (κ1) is 12.8. The van der Waals surface area contributed by atoms with Crippen molar-refractivity contribution in [2.24, 2.45) is 0 Å². The minimum Gasteiger partial charge on any atom is -0.493 e. The van der Waals surface area contributed by atoms with Crippen LogP contribution < -0.4 is 4.74 Å². The standard InChI is InChI=1S/C14H20O2/c1-5-7-13(15)12-9-10(3)8-11(4)14(12)16-6-2/h8-9H,5-7H2,1-4H3. The van der Waals surface area contributed by atoms with Crippen LogP contribution >= 0.6 is 0 Å². The van der Waals surface area contributed by atoms with Crippen LogP contribution in [0.1, 0.15) is 48.2 Å². The molecular formula is C14H20O2. The normalized spacial score (nSPS) is 10.2. The second-order valence-electron chi connectivity index (χ2n) is 4.06. The molecule has 0 aliphatic heterocycles. The molecular weight excluding hydrogens is 200 g/mol. The number of hydrogen-bond donors (Lipinski definition) is 0. The molecule has 0 saturated heterocycles. The number of Topliss-reactive ketones (excluding diaryl/α,β-unsaturated/α-hetero) is 1. The lowest BCUT2D eigenvalue weighted by Crippen LogP contribution is -2.06. The number of ketones is 1. The van der Waals surface area contributed by atoms with Gasteiger partial charge in [-0.25, -0.2) is 0 Å². The Morgan fingerprint density at radius 3 is 2.50 bits per heavy atom. The summed E-state index contributed by atoms with van der Waals surface area (Å²) >= 11 is 0. The minimum atomic E-state index is 0.178. The monoisotopic (exact) mass is 220 g/mol. The van der Waals surface area contributed by atoms with Gasteiger partial charge in [0, 0.05) is 6.42 Å². The van der Waals surface area contributed by atoms with E-state index in [4.69, 9.17) is 4.74 Å². The van der Waals surface area contributed by atoms with E-state index in [0.717, 1.165) is 28.9 Å². The summed E-state index contributed by atoms with van der Waals surface area (Å²) in [6.07, 6.45) is 1.46. The van der Waals surface area contributed by atoms with Gasteiger partial charge in [0.05, 0.1) is 12.2 Å². The maximum atomic E-state index is 12.0. The SMILES string of the molecule is CCCC(=O)c1cc(C)cc(C)c1OCC. The van der Waals surface area contributed by atoms with E-state index >= 15 is 0 Å². The molecule has 0 spiro atoms. The number of carbonyl (C=O) groups excluding carboxylic acids is 1. The first-order chi connectivity index (χ1) is 7.60. The summed E-state index contributed by atoms with van der Waals surface area (Å²) in [6, 6.07) is 3.98. The van der Waals surface area contributed by atoms with Gasteiger partial charge in [-0.15, -0.1) is 0 Å². The number of benzene rings is 1. The highest BCUT2D eigenvalue weighted by Crippen LogP contribution is 2.26. The lowest BCUT2D eigenvalue weighted by atomic mass is 10.00. The molecule has 2 nitrogen and oxygen atoms in total. The average molecular weight is 220 g/mol. The largest absolute Gasteiger partial charge is 0.493 e. The summed E-state index contributed by atoms with van der Waals surface area (Å²) in [4.78, 5) is 12.0. The first-order valence-corrected chi connectivity index (χ1v) is 5.87. The fourth-order valence-corrected chi connectivity index (χ4v) is 1.86. The minimum absolute atomic E-state index is 0.178. The van der Waals surface area contributed by atoms with E-state index in [-0.39, 0.29) is 5.78 Å². The fourth-order valence-electron chi connectivity index (χ4n) is 1.86. The molecule has 0 aliphatic rings. The Morgan fingerprint density at radius 2 is 1.94 bits per heavy atom. The Morgan fingerprint density at radius 1 is 1.25 bits per heavy atom. The Hall–Kier alpha value is -1.31. The van der Waals surface area contributed by atoms with Crippen LogP contribution in [0.15, 0.2) is 12.1 Å². The van der Waals surface area contributed by atoms with E-state index in [0.29, 0.717) is 13.0 Å². The van der Waals surface area contributed by atoms with Crippen LogP contribution in [0.5, 0.6) is 5.75 Å². The molecule has 0 atom stereocenters. The Bertz CT molecular complexity index is 381. The van der Waals surface area contributed by atoms with Crippen LogP contribution in [0, 0.1) is 13.8 Å². The molecule has 0 amide bonds. The van der Waals surface area contributed by atoms with Crippen molar-refractivity contribution in [3.05, 3.63) is 28.8 Å². The van der Waals surface area contributed by atoms with Crippen molar-refractivity contribution < 1.29 is 9.53 Å². The third kappa shape index (κ3) is 2.84. The molecule has 0 aromatic heterocycles. The van der Waals surface area contributed by atoms with Gasteiger partial charge in [-0.3, -0.25) is 4.79 Å². The summed E-state index contributed by atoms with van der Waals surface area (Å²) in [5.41, 5.74) is 2.89. The predicted molar refractivity (Wildman–Crippen MR) is 66.3 cm³/mol. The zero-order valence-corrected chi connectivity index (χ0v) is 10.6. The van der Waals surface area contributed by atoms with Crippen molar-refractivity contribution in [3.8, 4) is 5.75 Å². The van der Waals surface area contributed by atoms with E-state index in [1.54, 1.807) is 0 Å². The lowest BCUT2D eigenvalue weighted by molar-refractivity contribution is 0.0978. The van der Waals surface area contributed by atoms with Gasteiger partial charge < -0.3 is 4.74 Å². The summed E-state index contributed by atoms with van der Waals surface area (Å²) in [7, 11) is 0. The third-order valence-corrected chi connectivity index (χ3v) is 2.49. The van der Waals surface area contributed by atoms with Gasteiger partial charge in [-0.1, -0.05) is 13.0 Å². The number of carbonyl (C=O) groups is 1. The van der Waals surface area contributed by atoms with Crippen LogP contribution in [-0.4, -0.2) is 12.4 Å². The number of ether oxygens (including phenoxy) is 1. The average Bonchev–Trinajstić information content (AvgIpc) is 2.22. The zero-order valence-electron chi connectivity index (χ0n) is 10.6. The molecule has 1 aromatic carbocycles. The molecule has 1 rings (SSSR count). The van der Waals surface area contributed by atoms with Crippen LogP contribution in [0.4, 0.5) is 0 Å². The molecule has 16 heavy (non-hydrogen) atoms. The highest BCUT2D eigenvalue weighted by molar-refractivity contribution is 5.99. The summed E-state index contributed by atoms with van der Waals surface area (Å²) in [5, 5.41) is 0. The summed E-state index contributed by atoms with van der Waals surface area (Å²) in [6.45, 7) is 8.54. The molecule has 0 aliphatic carbocycles. The van der Waals surface area contributed by atoms with E-state index < -0.39 is 0 Å². The van der Waals surface area contributed by atoms with Gasteiger partial charge >= 0.3 is 0 Å². The van der Waals surface area contributed by atoms with Crippen LogP contribution in [-0.2, 0) is 0 Å². The van der Waals surface area contributed by atoms with Crippen LogP contribution in [0.2, 0.25) is 0 Å². The van der Waals surface area contributed by atoms with E-state index in [1.807, 2.05) is 39.8 Å². The molecule has 0 N–H and O–H groups in total. The van der Waals surface area contributed by atoms with E-state index in [2.05, 4.69) is 0 Å². The van der Waals surface area contributed by atoms with Crippen molar-refractivity contribution in [2.75, 3.05) is 6.61 Å². The number of aryl methyl sites for hydroxylation is 2. The highest BCUT2D eigenvalue weighted by atomic mass is 16.5. The summed E-state index contributed by atoms with van der Waals surface area (Å²) in [5.74, 6) is 0.935. The van der Waals surface area contributed by atoms with Crippen molar-refractivity contribution in [3.63, 3.8) is 0 Å². The maximum Gasteiger partial charge on any atom is 0.166 e. The van der Waals surface area contributed by atoms with Crippen molar-refractivity contribution in [1.29, 1.82) is 0 Å². The Kier molecular flexibility index (Phi) is 4.53. The molecule has 1 aromatic rings. The lowest BCUT2D eigenvalue weighted by Gasteiger charge is -2.13. The van der Waals surface area contributed by atoms with E-state index in [1.165, 1.54) is 0 Å². The third-order valence-electron chi connectivity index (χ3n) is 2.49. The second kappa shape index (κ2) is 5.69. The first-order valence-electron chi connectivity index (χ1n) is 5.87. The van der Waals surface area contributed by atoms with Crippen LogP contribution in [0.25, 0.3) is 0 Å². The van der Waals surface area contributed by atoms with Gasteiger partial charge in [0.15, 0.2) is 5.78 Å². The van der Waals surface area contributed by atoms with Crippen molar-refractivity contribution in [2.45, 2.75) is 40.5 Å². The smallest absolute Gasteiger partial charge is 0.166 e. The van der Waals surface area contributed by atoms with Crippen molar-refractivity contribution >= 4 is 5.78 Å². The van der Waals surface area contributed by atoms with Gasteiger partial charge in [0.1, 0.15) is 5.75 Å². The topological polar surface area (TPSA) is 26.3 Å². The summed E-state index contributed by atoms with van der Waals surface area (Å²) < 4.78 is 5.57. The van der Waals surface area contributed by atoms with Gasteiger partial charge in [0.25, 0.3) is 0 Å². The molecule has 0 unspecified atom stereocenters. The zero-order chi connectivity index (χ0) is 12.1. The number of rotatable bonds is 5. The van der Waals surface area contributed by atoms with Crippen molar-refractivity contribution in [1.82, 2.24) is 0 Å². The van der Waals surface area contributed by atoms with E-state index in [9.17, 15) is 4.79 Å². The molecule has 0 bridgehead atoms. The quantitative estimate of drug-likeness (QED) is 0.707. The fraction of sp³-hybridized carbons (Fsp3) is 0.500. The second-order valence-corrected chi connectivity index (χ2v) is 4.06. The highest BCUT2D eigenvalue weighted by Gasteiger charge is 2.14. The molecule has 0 radical (unpaired) electrons. The van der Waals surface area contributed by atoms with Gasteiger partial charge in [0.2, 0.25) is 0 Å². The van der Waals surface area contributed by atoms with Gasteiger partial charge in [-0.05, 0) is 44.4 Å². The van der Waals surface area contributed by atoms with Crippen LogP contribution in [0.3, 0.4) is 0 Å². The molecule has 0 saturated carbocycles. The maximum absolute atomic E-state index is 12.0. The molecule has 2 heteroatoms. The molecule has 0 fully saturated rings. The molecule has 0 heterocycles. The van der Waals surface area contributed by atoms with Gasteiger partial charge in [-0.2, -0.15) is 0 Å².